The molecule has 0 spiro atoms. The van der Waals surface area contributed by atoms with E-state index in [-0.39, 0.29) is 5.91 Å². The molecule has 0 unspecified atom stereocenters. The molecule has 1 N–H and O–H groups in total. The molecule has 0 fully saturated rings. The van der Waals surface area contributed by atoms with E-state index in [9.17, 15) is 4.79 Å². The van der Waals surface area contributed by atoms with Crippen LogP contribution in [0, 0.1) is 6.92 Å². The SMILES string of the molecule is CCCC(=O)NC(C)(C)c1cc2ccccc2nc1C. The second-order valence-electron chi connectivity index (χ2n) is 5.74. The summed E-state index contributed by atoms with van der Waals surface area (Å²) in [5.74, 6) is 0.0880. The first kappa shape index (κ1) is 14.5. The van der Waals surface area contributed by atoms with E-state index in [0.717, 1.165) is 28.6 Å². The van der Waals surface area contributed by atoms with E-state index in [0.29, 0.717) is 6.42 Å². The first-order valence-corrected chi connectivity index (χ1v) is 7.12. The summed E-state index contributed by atoms with van der Waals surface area (Å²) in [5.41, 5.74) is 2.61. The number of benzene rings is 1. The Kier molecular flexibility index (Phi) is 4.07. The molecule has 2 aromatic rings. The number of para-hydroxylation sites is 1. The fourth-order valence-electron chi connectivity index (χ4n) is 2.55. The van der Waals surface area contributed by atoms with Gasteiger partial charge in [-0.25, -0.2) is 0 Å². The minimum absolute atomic E-state index is 0.0880. The van der Waals surface area contributed by atoms with Crippen LogP contribution < -0.4 is 5.32 Å². The summed E-state index contributed by atoms with van der Waals surface area (Å²) in [7, 11) is 0. The van der Waals surface area contributed by atoms with Gasteiger partial charge >= 0.3 is 0 Å². The monoisotopic (exact) mass is 270 g/mol. The molecule has 0 saturated heterocycles. The molecule has 0 bridgehead atoms. The van der Waals surface area contributed by atoms with Crippen LogP contribution in [0.4, 0.5) is 0 Å². The van der Waals surface area contributed by atoms with Gasteiger partial charge in [-0.15, -0.1) is 0 Å². The molecule has 1 aromatic heterocycles. The van der Waals surface area contributed by atoms with Crippen LogP contribution in [0.15, 0.2) is 30.3 Å². The van der Waals surface area contributed by atoms with Crippen molar-refractivity contribution in [3.05, 3.63) is 41.6 Å². The van der Waals surface area contributed by atoms with E-state index in [1.807, 2.05) is 45.9 Å². The van der Waals surface area contributed by atoms with Crippen LogP contribution in [0.2, 0.25) is 0 Å². The minimum Gasteiger partial charge on any atom is -0.347 e. The third-order valence-corrected chi connectivity index (χ3v) is 3.52. The molecule has 106 valence electrons. The molecule has 3 nitrogen and oxygen atoms in total. The zero-order valence-electron chi connectivity index (χ0n) is 12.7. The van der Waals surface area contributed by atoms with Gasteiger partial charge in [-0.1, -0.05) is 25.1 Å². The summed E-state index contributed by atoms with van der Waals surface area (Å²) >= 11 is 0. The maximum absolute atomic E-state index is 11.9. The number of carbonyl (C=O) groups is 1. The Balaban J connectivity index is 2.40. The number of nitrogens with zero attached hydrogens (tertiary/aromatic N) is 1. The number of pyridine rings is 1. The highest BCUT2D eigenvalue weighted by molar-refractivity contribution is 5.81. The Morgan fingerprint density at radius 3 is 2.70 bits per heavy atom. The molecule has 0 aliphatic heterocycles. The summed E-state index contributed by atoms with van der Waals surface area (Å²) in [6.45, 7) is 8.06. The molecule has 2 rings (SSSR count). The van der Waals surface area contributed by atoms with Crippen LogP contribution >= 0.6 is 0 Å². The zero-order valence-corrected chi connectivity index (χ0v) is 12.7. The average molecular weight is 270 g/mol. The summed E-state index contributed by atoms with van der Waals surface area (Å²) in [5, 5.41) is 4.20. The maximum atomic E-state index is 11.9. The molecular weight excluding hydrogens is 248 g/mol. The molecule has 1 aromatic carbocycles. The van der Waals surface area contributed by atoms with E-state index < -0.39 is 5.54 Å². The van der Waals surface area contributed by atoms with Crippen molar-refractivity contribution >= 4 is 16.8 Å². The second-order valence-corrected chi connectivity index (χ2v) is 5.74. The van der Waals surface area contributed by atoms with Gasteiger partial charge < -0.3 is 5.32 Å². The normalized spacial score (nSPS) is 11.6. The third-order valence-electron chi connectivity index (χ3n) is 3.52. The van der Waals surface area contributed by atoms with Crippen molar-refractivity contribution in [3.8, 4) is 0 Å². The van der Waals surface area contributed by atoms with Gasteiger partial charge in [0.25, 0.3) is 0 Å². The third kappa shape index (κ3) is 2.98. The number of hydrogen-bond acceptors (Lipinski definition) is 2. The van der Waals surface area contributed by atoms with E-state index >= 15 is 0 Å². The standard InChI is InChI=1S/C17H22N2O/c1-5-8-16(20)19-17(3,4)14-11-13-9-6-7-10-15(13)18-12(14)2/h6-7,9-11H,5,8H2,1-4H3,(H,19,20). The largest absolute Gasteiger partial charge is 0.347 e. The van der Waals surface area contributed by atoms with Crippen LogP contribution in [-0.2, 0) is 10.3 Å². The van der Waals surface area contributed by atoms with Crippen molar-refractivity contribution in [3.63, 3.8) is 0 Å². The first-order chi connectivity index (χ1) is 9.44. The molecule has 3 heteroatoms. The number of nitrogens with one attached hydrogen (secondary N) is 1. The molecule has 0 atom stereocenters. The number of aryl methyl sites for hydroxylation is 1. The van der Waals surface area contributed by atoms with Gasteiger partial charge in [0.15, 0.2) is 0 Å². The Hall–Kier alpha value is -1.90. The van der Waals surface area contributed by atoms with Crippen molar-refractivity contribution in [2.75, 3.05) is 0 Å². The van der Waals surface area contributed by atoms with E-state index in [1.54, 1.807) is 0 Å². The Morgan fingerprint density at radius 2 is 2.00 bits per heavy atom. The van der Waals surface area contributed by atoms with Crippen LogP contribution in [0.25, 0.3) is 10.9 Å². The Labute approximate surface area is 120 Å². The highest BCUT2D eigenvalue weighted by atomic mass is 16.1. The highest BCUT2D eigenvalue weighted by Gasteiger charge is 2.25. The van der Waals surface area contributed by atoms with Crippen LogP contribution in [0.5, 0.6) is 0 Å². The predicted molar refractivity (Wildman–Crippen MR) is 82.6 cm³/mol. The summed E-state index contributed by atoms with van der Waals surface area (Å²) in [6.07, 6.45) is 1.42. The predicted octanol–water partition coefficient (Wildman–Crippen LogP) is 3.69. The molecule has 0 radical (unpaired) electrons. The quantitative estimate of drug-likeness (QED) is 0.920. The van der Waals surface area contributed by atoms with Crippen LogP contribution in [0.3, 0.4) is 0 Å². The number of hydrogen-bond donors (Lipinski definition) is 1. The van der Waals surface area contributed by atoms with Crippen LogP contribution in [0.1, 0.15) is 44.9 Å². The van der Waals surface area contributed by atoms with Crippen molar-refractivity contribution in [2.45, 2.75) is 46.1 Å². The maximum Gasteiger partial charge on any atom is 0.220 e. The summed E-state index contributed by atoms with van der Waals surface area (Å²) < 4.78 is 0. The lowest BCUT2D eigenvalue weighted by atomic mass is 9.91. The molecule has 0 aliphatic rings. The number of carbonyl (C=O) groups excluding carboxylic acids is 1. The van der Waals surface area contributed by atoms with Gasteiger partial charge in [-0.3, -0.25) is 9.78 Å². The van der Waals surface area contributed by atoms with Crippen molar-refractivity contribution < 1.29 is 4.79 Å². The fourth-order valence-corrected chi connectivity index (χ4v) is 2.55. The summed E-state index contributed by atoms with van der Waals surface area (Å²) in [4.78, 5) is 16.5. The van der Waals surface area contributed by atoms with Gasteiger partial charge in [-0.05, 0) is 44.9 Å². The lowest BCUT2D eigenvalue weighted by molar-refractivity contribution is -0.122. The van der Waals surface area contributed by atoms with Crippen LogP contribution in [-0.4, -0.2) is 10.9 Å². The van der Waals surface area contributed by atoms with Gasteiger partial charge in [-0.2, -0.15) is 0 Å². The van der Waals surface area contributed by atoms with Gasteiger partial charge in [0.1, 0.15) is 0 Å². The zero-order chi connectivity index (χ0) is 14.8. The van der Waals surface area contributed by atoms with Gasteiger partial charge in [0, 0.05) is 17.5 Å². The lowest BCUT2D eigenvalue weighted by Gasteiger charge is -2.28. The van der Waals surface area contributed by atoms with Crippen molar-refractivity contribution in [1.82, 2.24) is 10.3 Å². The molecule has 1 amide bonds. The fraction of sp³-hybridized carbons (Fsp3) is 0.412. The lowest BCUT2D eigenvalue weighted by Crippen LogP contribution is -2.41. The average Bonchev–Trinajstić information content (AvgIpc) is 2.37. The molecule has 20 heavy (non-hydrogen) atoms. The molecule has 1 heterocycles. The Bertz CT molecular complexity index is 632. The Morgan fingerprint density at radius 1 is 1.30 bits per heavy atom. The van der Waals surface area contributed by atoms with E-state index in [1.165, 1.54) is 0 Å². The molecule has 0 aliphatic carbocycles. The highest BCUT2D eigenvalue weighted by Crippen LogP contribution is 2.26. The van der Waals surface area contributed by atoms with Crippen molar-refractivity contribution in [1.29, 1.82) is 0 Å². The van der Waals surface area contributed by atoms with Crippen molar-refractivity contribution in [2.24, 2.45) is 0 Å². The number of fused-ring (bicyclic) bond motifs is 1. The topological polar surface area (TPSA) is 42.0 Å². The molecule has 0 saturated carbocycles. The number of rotatable bonds is 4. The van der Waals surface area contributed by atoms with E-state index in [2.05, 4.69) is 22.4 Å². The second kappa shape index (κ2) is 5.61. The smallest absolute Gasteiger partial charge is 0.220 e. The molecular formula is C17H22N2O. The number of aromatic nitrogens is 1. The number of amides is 1. The minimum atomic E-state index is -0.409. The van der Waals surface area contributed by atoms with E-state index in [4.69, 9.17) is 0 Å². The summed E-state index contributed by atoms with van der Waals surface area (Å²) in [6, 6.07) is 10.2. The van der Waals surface area contributed by atoms with Gasteiger partial charge in [0.2, 0.25) is 5.91 Å². The first-order valence-electron chi connectivity index (χ1n) is 7.12. The van der Waals surface area contributed by atoms with Gasteiger partial charge in [0.05, 0.1) is 11.1 Å².